The number of carbonyl (C=O) groups excluding carboxylic acids is 1. The molecule has 0 fully saturated rings. The number of ether oxygens (including phenoxy) is 1. The zero-order chi connectivity index (χ0) is 19.7. The fraction of sp³-hybridized carbons (Fsp3) is 0.105. The van der Waals surface area contributed by atoms with Crippen LogP contribution in [-0.2, 0) is 4.79 Å². The van der Waals surface area contributed by atoms with E-state index >= 15 is 0 Å². The van der Waals surface area contributed by atoms with Gasteiger partial charge in [0.25, 0.3) is 5.91 Å². The van der Waals surface area contributed by atoms with Crippen molar-refractivity contribution in [3.05, 3.63) is 65.9 Å². The molecule has 0 bridgehead atoms. The molecule has 1 N–H and O–H groups in total. The number of carbonyl (C=O) groups is 1. The molecule has 2 aromatic heterocycles. The van der Waals surface area contributed by atoms with Crippen molar-refractivity contribution >= 4 is 33.3 Å². The first kappa shape index (κ1) is 18.1. The van der Waals surface area contributed by atoms with E-state index in [9.17, 15) is 13.6 Å². The van der Waals surface area contributed by atoms with E-state index in [-0.39, 0.29) is 18.2 Å². The number of amides is 1. The highest BCUT2D eigenvalue weighted by Gasteiger charge is 2.15. The van der Waals surface area contributed by atoms with Gasteiger partial charge in [-0.25, -0.2) is 13.8 Å². The predicted molar refractivity (Wildman–Crippen MR) is 102 cm³/mol. The van der Waals surface area contributed by atoms with Crippen LogP contribution in [0.3, 0.4) is 0 Å². The first-order valence-electron chi connectivity index (χ1n) is 8.30. The Morgan fingerprint density at radius 2 is 2.04 bits per heavy atom. The van der Waals surface area contributed by atoms with Gasteiger partial charge in [-0.1, -0.05) is 23.5 Å². The molecule has 0 atom stereocenters. The summed E-state index contributed by atoms with van der Waals surface area (Å²) in [6, 6.07) is 11.8. The second-order valence-corrected chi connectivity index (χ2v) is 6.97. The summed E-state index contributed by atoms with van der Waals surface area (Å²) in [4.78, 5) is 16.7. The molecule has 0 saturated carbocycles. The molecule has 0 aliphatic heterocycles. The van der Waals surface area contributed by atoms with Gasteiger partial charge in [-0.05, 0) is 37.3 Å². The summed E-state index contributed by atoms with van der Waals surface area (Å²) in [7, 11) is 0. The Hall–Kier alpha value is -3.33. The maximum atomic E-state index is 13.6. The van der Waals surface area contributed by atoms with Crippen LogP contribution in [0.2, 0.25) is 0 Å². The van der Waals surface area contributed by atoms with Crippen molar-refractivity contribution in [1.82, 2.24) is 14.8 Å². The van der Waals surface area contributed by atoms with E-state index < -0.39 is 11.7 Å². The Morgan fingerprint density at radius 1 is 1.21 bits per heavy atom. The third kappa shape index (κ3) is 3.70. The van der Waals surface area contributed by atoms with Gasteiger partial charge in [0.2, 0.25) is 5.13 Å². The second-order valence-electron chi connectivity index (χ2n) is 5.96. The Kier molecular flexibility index (Phi) is 4.74. The molecule has 0 aliphatic carbocycles. The highest BCUT2D eigenvalue weighted by Crippen LogP contribution is 2.27. The number of nitrogens with one attached hydrogen (secondary N) is 1. The van der Waals surface area contributed by atoms with Gasteiger partial charge < -0.3 is 10.1 Å². The smallest absolute Gasteiger partial charge is 0.263 e. The van der Waals surface area contributed by atoms with Crippen molar-refractivity contribution in [2.45, 2.75) is 6.92 Å². The van der Waals surface area contributed by atoms with Gasteiger partial charge in [-0.15, -0.1) is 0 Å². The van der Waals surface area contributed by atoms with E-state index in [2.05, 4.69) is 15.4 Å². The zero-order valence-electron chi connectivity index (χ0n) is 14.6. The lowest BCUT2D eigenvalue weighted by molar-refractivity contribution is -0.118. The number of aryl methyl sites for hydroxylation is 1. The quantitative estimate of drug-likeness (QED) is 0.548. The number of benzene rings is 2. The fourth-order valence-electron chi connectivity index (χ4n) is 2.60. The Bertz CT molecular complexity index is 1170. The van der Waals surface area contributed by atoms with Crippen LogP contribution in [0.15, 0.2) is 48.5 Å². The molecule has 2 aromatic carbocycles. The molecule has 6 nitrogen and oxygen atoms in total. The highest BCUT2D eigenvalue weighted by atomic mass is 32.1. The largest absolute Gasteiger partial charge is 0.481 e. The fourth-order valence-corrected chi connectivity index (χ4v) is 3.55. The maximum Gasteiger partial charge on any atom is 0.263 e. The van der Waals surface area contributed by atoms with Gasteiger partial charge >= 0.3 is 0 Å². The summed E-state index contributed by atoms with van der Waals surface area (Å²) < 4.78 is 34.4. The molecule has 0 spiro atoms. The first-order valence-corrected chi connectivity index (χ1v) is 9.11. The minimum atomic E-state index is -0.544. The molecular weight excluding hydrogens is 386 g/mol. The molecule has 0 aliphatic rings. The topological polar surface area (TPSA) is 69.0 Å². The zero-order valence-corrected chi connectivity index (χ0v) is 15.5. The number of thiazole rings is 1. The molecule has 0 saturated heterocycles. The van der Waals surface area contributed by atoms with E-state index in [1.165, 1.54) is 46.4 Å². The van der Waals surface area contributed by atoms with E-state index in [1.54, 1.807) is 25.1 Å². The lowest BCUT2D eigenvalue weighted by Gasteiger charge is -2.08. The number of aromatic nitrogens is 3. The summed E-state index contributed by atoms with van der Waals surface area (Å²) in [5, 5.41) is 7.51. The predicted octanol–water partition coefficient (Wildman–Crippen LogP) is 4.09. The molecular formula is C19H14F2N4O2S. The van der Waals surface area contributed by atoms with Crippen LogP contribution in [0.4, 0.5) is 14.6 Å². The summed E-state index contributed by atoms with van der Waals surface area (Å²) >= 11 is 1.25. The van der Waals surface area contributed by atoms with Gasteiger partial charge in [0.05, 0.1) is 15.9 Å². The van der Waals surface area contributed by atoms with Gasteiger partial charge in [-0.3, -0.25) is 4.79 Å². The number of fused-ring (bicyclic) bond motifs is 1. The van der Waals surface area contributed by atoms with Crippen molar-refractivity contribution < 1.29 is 18.3 Å². The maximum absolute atomic E-state index is 13.6. The third-order valence-corrected chi connectivity index (χ3v) is 4.81. The van der Waals surface area contributed by atoms with E-state index in [0.717, 1.165) is 0 Å². The Balaban J connectivity index is 1.54. The lowest BCUT2D eigenvalue weighted by Crippen LogP contribution is -2.22. The lowest BCUT2D eigenvalue weighted by atomic mass is 10.3. The average Bonchev–Trinajstić information content (AvgIpc) is 3.23. The van der Waals surface area contributed by atoms with Gasteiger partial charge in [0.1, 0.15) is 11.6 Å². The molecule has 9 heteroatoms. The van der Waals surface area contributed by atoms with Gasteiger partial charge in [0.15, 0.2) is 18.2 Å². The molecule has 142 valence electrons. The van der Waals surface area contributed by atoms with Gasteiger partial charge in [0, 0.05) is 6.07 Å². The van der Waals surface area contributed by atoms with Crippen LogP contribution in [0, 0.1) is 18.6 Å². The Labute approximate surface area is 162 Å². The van der Waals surface area contributed by atoms with Crippen LogP contribution in [-0.4, -0.2) is 27.3 Å². The van der Waals surface area contributed by atoms with Crippen molar-refractivity contribution in [3.63, 3.8) is 0 Å². The van der Waals surface area contributed by atoms with Crippen LogP contribution < -0.4 is 10.1 Å². The average molecular weight is 400 g/mol. The number of anilines is 1. The second kappa shape index (κ2) is 7.35. The van der Waals surface area contributed by atoms with Crippen LogP contribution in [0.5, 0.6) is 5.75 Å². The minimum absolute atomic E-state index is 0.00413. The summed E-state index contributed by atoms with van der Waals surface area (Å²) in [6.07, 6.45) is 0. The third-order valence-electron chi connectivity index (χ3n) is 3.81. The number of nitrogens with zero attached hydrogens (tertiary/aromatic N) is 3. The number of hydrogen-bond donors (Lipinski definition) is 1. The van der Waals surface area contributed by atoms with Crippen molar-refractivity contribution in [2.24, 2.45) is 0 Å². The monoisotopic (exact) mass is 400 g/mol. The van der Waals surface area contributed by atoms with E-state index in [0.29, 0.717) is 26.9 Å². The van der Waals surface area contributed by atoms with Crippen LogP contribution >= 0.6 is 11.3 Å². The molecule has 0 radical (unpaired) electrons. The molecule has 2 heterocycles. The summed E-state index contributed by atoms with van der Waals surface area (Å²) in [5.41, 5.74) is 1.30. The number of halogens is 2. The van der Waals surface area contributed by atoms with Crippen molar-refractivity contribution in [2.75, 3.05) is 11.9 Å². The van der Waals surface area contributed by atoms with Gasteiger partial charge in [-0.2, -0.15) is 9.78 Å². The molecule has 4 rings (SSSR count). The SMILES string of the molecule is Cc1cc(NC(=O)COc2ccccc2F)n(-c2nc3ccc(F)cc3s2)n1. The van der Waals surface area contributed by atoms with Crippen molar-refractivity contribution in [3.8, 4) is 10.9 Å². The standard InChI is InChI=1S/C19H14F2N4O2S/c1-11-8-17(23-18(26)10-27-15-5-3-2-4-13(15)21)25(24-11)19-22-14-7-6-12(20)9-16(14)28-19/h2-9H,10H2,1H3,(H,23,26). The summed E-state index contributed by atoms with van der Waals surface area (Å²) in [5.74, 6) is -0.984. The van der Waals surface area contributed by atoms with Crippen molar-refractivity contribution in [1.29, 1.82) is 0 Å². The first-order chi connectivity index (χ1) is 13.5. The number of hydrogen-bond acceptors (Lipinski definition) is 5. The van der Waals surface area contributed by atoms with E-state index in [1.807, 2.05) is 0 Å². The normalized spacial score (nSPS) is 11.0. The Morgan fingerprint density at radius 3 is 2.86 bits per heavy atom. The molecule has 4 aromatic rings. The minimum Gasteiger partial charge on any atom is -0.481 e. The van der Waals surface area contributed by atoms with Crippen LogP contribution in [0.1, 0.15) is 5.69 Å². The molecule has 0 unspecified atom stereocenters. The number of rotatable bonds is 5. The van der Waals surface area contributed by atoms with E-state index in [4.69, 9.17) is 4.74 Å². The highest BCUT2D eigenvalue weighted by molar-refractivity contribution is 7.20. The molecule has 28 heavy (non-hydrogen) atoms. The van der Waals surface area contributed by atoms with Crippen LogP contribution in [0.25, 0.3) is 15.3 Å². The molecule has 1 amide bonds. The summed E-state index contributed by atoms with van der Waals surface area (Å²) in [6.45, 7) is 1.41. The number of para-hydroxylation sites is 1.